The number of thiazole rings is 1. The Kier molecular flexibility index (Phi) is 4.21. The number of fused-ring (bicyclic) bond motifs is 3. The molecule has 0 atom stereocenters. The fourth-order valence-corrected chi connectivity index (χ4v) is 3.97. The molecule has 1 N–H and O–H groups in total. The molecular formula is C16H19N3O3S. The van der Waals surface area contributed by atoms with Gasteiger partial charge in [-0.05, 0) is 37.8 Å². The van der Waals surface area contributed by atoms with Crippen LogP contribution in [0.2, 0.25) is 0 Å². The van der Waals surface area contributed by atoms with Crippen LogP contribution in [-0.4, -0.2) is 28.0 Å². The second kappa shape index (κ2) is 6.16. The van der Waals surface area contributed by atoms with Crippen molar-refractivity contribution < 1.29 is 14.3 Å². The van der Waals surface area contributed by atoms with Crippen LogP contribution in [0.5, 0.6) is 0 Å². The van der Waals surface area contributed by atoms with E-state index in [4.69, 9.17) is 4.74 Å². The number of rotatable bonds is 3. The Balaban J connectivity index is 2.08. The molecule has 122 valence electrons. The molecule has 3 rings (SSSR count). The van der Waals surface area contributed by atoms with Gasteiger partial charge in [0.2, 0.25) is 5.91 Å². The number of aryl methyl sites for hydroxylation is 2. The zero-order chi connectivity index (χ0) is 16.6. The van der Waals surface area contributed by atoms with E-state index in [2.05, 4.69) is 10.3 Å². The van der Waals surface area contributed by atoms with Crippen LogP contribution in [-0.2, 0) is 29.4 Å². The van der Waals surface area contributed by atoms with Gasteiger partial charge in [-0.25, -0.2) is 9.78 Å². The third kappa shape index (κ3) is 2.88. The summed E-state index contributed by atoms with van der Waals surface area (Å²) < 4.78 is 6.98. The average molecular weight is 333 g/mol. The summed E-state index contributed by atoms with van der Waals surface area (Å²) in [7, 11) is 1.86. The summed E-state index contributed by atoms with van der Waals surface area (Å²) in [5, 5.41) is 3.36. The number of anilines is 1. The van der Waals surface area contributed by atoms with Crippen molar-refractivity contribution in [3.05, 3.63) is 22.2 Å². The minimum Gasteiger partial charge on any atom is -0.461 e. The third-order valence-electron chi connectivity index (χ3n) is 3.85. The second-order valence-corrected chi connectivity index (χ2v) is 6.59. The molecule has 1 aliphatic rings. The summed E-state index contributed by atoms with van der Waals surface area (Å²) in [6.07, 6.45) is 2.82. The summed E-state index contributed by atoms with van der Waals surface area (Å²) >= 11 is 1.50. The lowest BCUT2D eigenvalue weighted by Gasteiger charge is -2.07. The summed E-state index contributed by atoms with van der Waals surface area (Å²) in [6, 6.07) is 1.90. The molecule has 23 heavy (non-hydrogen) atoms. The van der Waals surface area contributed by atoms with Gasteiger partial charge in [-0.1, -0.05) is 0 Å². The summed E-state index contributed by atoms with van der Waals surface area (Å²) in [6.45, 7) is 3.62. The fourth-order valence-electron chi connectivity index (χ4n) is 2.92. The van der Waals surface area contributed by atoms with Crippen molar-refractivity contribution in [1.82, 2.24) is 9.55 Å². The number of carbonyl (C=O) groups excluding carboxylic acids is 2. The average Bonchev–Trinajstić information content (AvgIpc) is 2.95. The minimum atomic E-state index is -0.318. The van der Waals surface area contributed by atoms with E-state index in [1.807, 2.05) is 17.7 Å². The molecule has 2 heterocycles. The van der Waals surface area contributed by atoms with Gasteiger partial charge in [-0.2, -0.15) is 0 Å². The number of ether oxygens (including phenoxy) is 1. The molecule has 0 spiro atoms. The van der Waals surface area contributed by atoms with Crippen molar-refractivity contribution in [3.63, 3.8) is 0 Å². The molecule has 0 radical (unpaired) electrons. The maximum Gasteiger partial charge on any atom is 0.354 e. The summed E-state index contributed by atoms with van der Waals surface area (Å²) in [4.78, 5) is 29.1. The van der Waals surface area contributed by atoms with Crippen LogP contribution in [0.4, 0.5) is 5.13 Å². The van der Waals surface area contributed by atoms with E-state index in [9.17, 15) is 9.59 Å². The summed E-state index contributed by atoms with van der Waals surface area (Å²) in [5.41, 5.74) is 3.46. The predicted octanol–water partition coefficient (Wildman–Crippen LogP) is 2.77. The van der Waals surface area contributed by atoms with Crippen molar-refractivity contribution in [1.29, 1.82) is 0 Å². The van der Waals surface area contributed by atoms with Gasteiger partial charge in [0.25, 0.3) is 0 Å². The largest absolute Gasteiger partial charge is 0.461 e. The normalized spacial score (nSPS) is 13.0. The van der Waals surface area contributed by atoms with Crippen LogP contribution in [0, 0.1) is 0 Å². The van der Waals surface area contributed by atoms with Gasteiger partial charge in [0, 0.05) is 18.8 Å². The molecular weight excluding hydrogens is 314 g/mol. The lowest BCUT2D eigenvalue weighted by molar-refractivity contribution is -0.114. The second-order valence-electron chi connectivity index (χ2n) is 5.51. The van der Waals surface area contributed by atoms with Crippen molar-refractivity contribution in [2.24, 2.45) is 7.05 Å². The van der Waals surface area contributed by atoms with E-state index in [1.165, 1.54) is 18.3 Å². The van der Waals surface area contributed by atoms with E-state index in [0.29, 0.717) is 17.4 Å². The van der Waals surface area contributed by atoms with Crippen LogP contribution in [0.15, 0.2) is 6.07 Å². The Morgan fingerprint density at radius 1 is 1.43 bits per heavy atom. The first kappa shape index (κ1) is 15.7. The number of carbonyl (C=O) groups is 2. The van der Waals surface area contributed by atoms with Crippen molar-refractivity contribution in [2.75, 3.05) is 11.9 Å². The molecule has 0 fully saturated rings. The number of nitrogens with zero attached hydrogens (tertiary/aromatic N) is 2. The standard InChI is InChI=1S/C16H19N3O3S/c1-4-22-15(21)11-8-10-6-5-7-12-13(14(10)19(11)3)18-16(23-12)17-9(2)20/h8H,4-7H2,1-3H3,(H,17,18,20). The SMILES string of the molecule is CCOC(=O)c1cc2c(n1C)-c1nc(NC(C)=O)sc1CCC2. The van der Waals surface area contributed by atoms with Crippen LogP contribution in [0.1, 0.15) is 41.2 Å². The Morgan fingerprint density at radius 2 is 2.22 bits per heavy atom. The number of hydrogen-bond donors (Lipinski definition) is 1. The van der Waals surface area contributed by atoms with Gasteiger partial charge in [0.15, 0.2) is 5.13 Å². The highest BCUT2D eigenvalue weighted by Gasteiger charge is 2.26. The monoisotopic (exact) mass is 333 g/mol. The molecule has 1 amide bonds. The van der Waals surface area contributed by atoms with E-state index in [0.717, 1.165) is 41.1 Å². The van der Waals surface area contributed by atoms with Crippen molar-refractivity contribution >= 4 is 28.3 Å². The lowest BCUT2D eigenvalue weighted by Crippen LogP contribution is -2.10. The Labute approximate surface area is 138 Å². The molecule has 0 unspecified atom stereocenters. The molecule has 0 saturated carbocycles. The highest BCUT2D eigenvalue weighted by atomic mass is 32.1. The van der Waals surface area contributed by atoms with Gasteiger partial charge in [-0.15, -0.1) is 11.3 Å². The van der Waals surface area contributed by atoms with Crippen LogP contribution >= 0.6 is 11.3 Å². The Hall–Kier alpha value is -2.15. The zero-order valence-electron chi connectivity index (χ0n) is 13.4. The van der Waals surface area contributed by atoms with Gasteiger partial charge in [0.1, 0.15) is 11.4 Å². The van der Waals surface area contributed by atoms with Crippen molar-refractivity contribution in [3.8, 4) is 11.4 Å². The van der Waals surface area contributed by atoms with Crippen LogP contribution in [0.3, 0.4) is 0 Å². The highest BCUT2D eigenvalue weighted by molar-refractivity contribution is 7.16. The lowest BCUT2D eigenvalue weighted by atomic mass is 10.1. The minimum absolute atomic E-state index is 0.131. The van der Waals surface area contributed by atoms with E-state index in [-0.39, 0.29) is 11.9 Å². The molecule has 6 nitrogen and oxygen atoms in total. The molecule has 0 aliphatic heterocycles. The molecule has 0 saturated heterocycles. The number of esters is 1. The van der Waals surface area contributed by atoms with Gasteiger partial charge in [-0.3, -0.25) is 4.79 Å². The highest BCUT2D eigenvalue weighted by Crippen LogP contribution is 2.38. The number of aromatic nitrogens is 2. The fraction of sp³-hybridized carbons (Fsp3) is 0.438. The van der Waals surface area contributed by atoms with Crippen LogP contribution in [0.25, 0.3) is 11.4 Å². The first-order valence-electron chi connectivity index (χ1n) is 7.64. The van der Waals surface area contributed by atoms with Gasteiger partial charge in [0.05, 0.1) is 12.3 Å². The Morgan fingerprint density at radius 3 is 2.91 bits per heavy atom. The Bertz CT molecular complexity index is 776. The first-order valence-corrected chi connectivity index (χ1v) is 8.46. The van der Waals surface area contributed by atoms with Crippen molar-refractivity contribution in [2.45, 2.75) is 33.1 Å². The molecule has 1 aliphatic carbocycles. The number of hydrogen-bond acceptors (Lipinski definition) is 5. The smallest absolute Gasteiger partial charge is 0.354 e. The number of amides is 1. The zero-order valence-corrected chi connectivity index (χ0v) is 14.2. The molecule has 0 bridgehead atoms. The van der Waals surface area contributed by atoms with E-state index >= 15 is 0 Å². The molecule has 7 heteroatoms. The van der Waals surface area contributed by atoms with E-state index < -0.39 is 0 Å². The molecule has 2 aromatic heterocycles. The van der Waals surface area contributed by atoms with Crippen LogP contribution < -0.4 is 5.32 Å². The van der Waals surface area contributed by atoms with E-state index in [1.54, 1.807) is 6.92 Å². The van der Waals surface area contributed by atoms with Gasteiger partial charge < -0.3 is 14.6 Å². The number of nitrogens with one attached hydrogen (secondary N) is 1. The predicted molar refractivity (Wildman–Crippen MR) is 88.8 cm³/mol. The maximum absolute atomic E-state index is 12.1. The summed E-state index contributed by atoms with van der Waals surface area (Å²) in [5.74, 6) is -0.449. The first-order chi connectivity index (χ1) is 11.0. The molecule has 0 aromatic carbocycles. The quantitative estimate of drug-likeness (QED) is 0.877. The maximum atomic E-state index is 12.1. The topological polar surface area (TPSA) is 73.2 Å². The molecule has 2 aromatic rings. The third-order valence-corrected chi connectivity index (χ3v) is 4.88. The van der Waals surface area contributed by atoms with Gasteiger partial charge >= 0.3 is 5.97 Å².